The van der Waals surface area contributed by atoms with Gasteiger partial charge in [-0.1, -0.05) is 25.0 Å². The number of rotatable bonds is 6. The number of sulfonamides is 2. The van der Waals surface area contributed by atoms with Crippen molar-refractivity contribution in [2.75, 3.05) is 26.2 Å². The molecule has 11 heteroatoms. The fourth-order valence-electron chi connectivity index (χ4n) is 4.46. The van der Waals surface area contributed by atoms with Gasteiger partial charge in [-0.2, -0.15) is 8.61 Å². The lowest BCUT2D eigenvalue weighted by Gasteiger charge is -2.26. The second kappa shape index (κ2) is 9.69. The number of hydrogen-bond donors (Lipinski definition) is 0. The van der Waals surface area contributed by atoms with Crippen LogP contribution >= 0.6 is 0 Å². The second-order valence-electron chi connectivity index (χ2n) is 8.84. The van der Waals surface area contributed by atoms with Crippen LogP contribution in [-0.4, -0.2) is 60.0 Å². The summed E-state index contributed by atoms with van der Waals surface area (Å²) in [6.45, 7) is 3.29. The number of nitrogens with zero attached hydrogens (tertiary/aromatic N) is 2. The molecule has 2 aromatic rings. The predicted octanol–water partition coefficient (Wildman–Crippen LogP) is 3.18. The molecule has 2 aliphatic heterocycles. The zero-order valence-electron chi connectivity index (χ0n) is 19.2. The Hall–Kier alpha value is -1.79. The third kappa shape index (κ3) is 4.81. The summed E-state index contributed by atoms with van der Waals surface area (Å²) in [4.78, 5) is -0.478. The van der Waals surface area contributed by atoms with E-state index < -0.39 is 29.9 Å². The Morgan fingerprint density at radius 3 is 1.68 bits per heavy atom. The average molecular weight is 527 g/mol. The van der Waals surface area contributed by atoms with Crippen molar-refractivity contribution in [3.63, 3.8) is 0 Å². The van der Waals surface area contributed by atoms with Crippen LogP contribution in [0.25, 0.3) is 0 Å². The van der Waals surface area contributed by atoms with Gasteiger partial charge in [0.2, 0.25) is 29.9 Å². The zero-order chi connectivity index (χ0) is 24.6. The van der Waals surface area contributed by atoms with E-state index in [-0.39, 0.29) is 19.6 Å². The average Bonchev–Trinajstić information content (AvgIpc) is 2.85. The standard InChI is InChI=1S/C23H30N2O6S3/c1-19-11-12-21(18-23(19)34(30,31)25-15-6-3-7-16-25)32(26,27)20-9-8-10-22(17-20)33(28,29)24-13-4-2-5-14-24/h8-12,17-18H,2-7,13-16H2,1H3. The topological polar surface area (TPSA) is 109 Å². The van der Waals surface area contributed by atoms with Crippen LogP contribution in [0.1, 0.15) is 44.1 Å². The summed E-state index contributed by atoms with van der Waals surface area (Å²) in [7, 11) is -11.8. The van der Waals surface area contributed by atoms with Crippen LogP contribution in [0.15, 0.2) is 62.0 Å². The number of aryl methyl sites for hydroxylation is 1. The van der Waals surface area contributed by atoms with Gasteiger partial charge in [-0.05, 0) is 68.5 Å². The normalized spacial score (nSPS) is 19.2. The van der Waals surface area contributed by atoms with E-state index in [9.17, 15) is 25.3 Å². The molecule has 0 bridgehead atoms. The van der Waals surface area contributed by atoms with Gasteiger partial charge in [0.25, 0.3) is 0 Å². The summed E-state index contributed by atoms with van der Waals surface area (Å²) in [6, 6.07) is 9.35. The molecule has 0 atom stereocenters. The van der Waals surface area contributed by atoms with Crippen LogP contribution in [0.4, 0.5) is 0 Å². The minimum Gasteiger partial charge on any atom is -0.219 e. The van der Waals surface area contributed by atoms with E-state index in [0.29, 0.717) is 31.7 Å². The van der Waals surface area contributed by atoms with Crippen molar-refractivity contribution >= 4 is 29.9 Å². The van der Waals surface area contributed by atoms with Gasteiger partial charge >= 0.3 is 0 Å². The minimum atomic E-state index is -4.15. The van der Waals surface area contributed by atoms with Crippen LogP contribution in [0, 0.1) is 6.92 Å². The van der Waals surface area contributed by atoms with Crippen molar-refractivity contribution in [1.29, 1.82) is 0 Å². The molecular weight excluding hydrogens is 496 g/mol. The maximum atomic E-state index is 13.4. The Morgan fingerprint density at radius 1 is 0.588 bits per heavy atom. The van der Waals surface area contributed by atoms with Gasteiger partial charge < -0.3 is 0 Å². The molecule has 2 heterocycles. The smallest absolute Gasteiger partial charge is 0.219 e. The van der Waals surface area contributed by atoms with Crippen LogP contribution < -0.4 is 0 Å². The summed E-state index contributed by atoms with van der Waals surface area (Å²) in [6.07, 6.45) is 5.03. The molecule has 8 nitrogen and oxygen atoms in total. The van der Waals surface area contributed by atoms with Crippen LogP contribution in [-0.2, 0) is 29.9 Å². The molecule has 2 fully saturated rings. The molecule has 0 saturated carbocycles. The Kier molecular flexibility index (Phi) is 7.21. The van der Waals surface area contributed by atoms with Gasteiger partial charge in [-0.25, -0.2) is 25.3 Å². The highest BCUT2D eigenvalue weighted by atomic mass is 32.2. The van der Waals surface area contributed by atoms with E-state index in [1.165, 1.54) is 45.0 Å². The van der Waals surface area contributed by atoms with Crippen LogP contribution in [0.3, 0.4) is 0 Å². The molecule has 186 valence electrons. The Morgan fingerprint density at radius 2 is 1.09 bits per heavy atom. The Balaban J connectivity index is 1.72. The molecule has 2 aromatic carbocycles. The third-order valence-electron chi connectivity index (χ3n) is 6.47. The van der Waals surface area contributed by atoms with E-state index in [2.05, 4.69) is 0 Å². The molecule has 4 rings (SSSR count). The summed E-state index contributed by atoms with van der Waals surface area (Å²) in [5, 5.41) is 0. The molecule has 0 spiro atoms. The van der Waals surface area contributed by atoms with E-state index >= 15 is 0 Å². The SMILES string of the molecule is Cc1ccc(S(=O)(=O)c2cccc(S(=O)(=O)N3CCCCC3)c2)cc1S(=O)(=O)N1CCCCC1. The van der Waals surface area contributed by atoms with Crippen molar-refractivity contribution in [2.45, 2.75) is 65.0 Å². The summed E-state index contributed by atoms with van der Waals surface area (Å²) < 4.78 is 82.2. The molecule has 0 aliphatic carbocycles. The van der Waals surface area contributed by atoms with Gasteiger partial charge in [0, 0.05) is 26.2 Å². The fourth-order valence-corrected chi connectivity index (χ4v) is 9.27. The van der Waals surface area contributed by atoms with Gasteiger partial charge in [0.1, 0.15) is 0 Å². The first-order valence-corrected chi connectivity index (χ1v) is 15.9. The highest BCUT2D eigenvalue weighted by Gasteiger charge is 2.31. The molecule has 2 aliphatic rings. The summed E-state index contributed by atoms with van der Waals surface area (Å²) in [5.41, 5.74) is 0.464. The van der Waals surface area contributed by atoms with E-state index in [1.54, 1.807) is 6.92 Å². The number of hydrogen-bond acceptors (Lipinski definition) is 6. The van der Waals surface area contributed by atoms with Crippen molar-refractivity contribution in [3.8, 4) is 0 Å². The van der Waals surface area contributed by atoms with Crippen molar-refractivity contribution < 1.29 is 25.3 Å². The first-order chi connectivity index (χ1) is 16.0. The lowest BCUT2D eigenvalue weighted by atomic mass is 10.2. The lowest BCUT2D eigenvalue weighted by molar-refractivity contribution is 0.346. The van der Waals surface area contributed by atoms with E-state index in [0.717, 1.165) is 44.6 Å². The molecular formula is C23H30N2O6S3. The molecule has 0 radical (unpaired) electrons. The molecule has 34 heavy (non-hydrogen) atoms. The second-order valence-corrected chi connectivity index (χ2v) is 14.6. The number of piperidine rings is 2. The summed E-state index contributed by atoms with van der Waals surface area (Å²) in [5.74, 6) is 0. The van der Waals surface area contributed by atoms with Crippen molar-refractivity contribution in [2.24, 2.45) is 0 Å². The monoisotopic (exact) mass is 526 g/mol. The number of benzene rings is 2. The van der Waals surface area contributed by atoms with Gasteiger partial charge in [-0.3, -0.25) is 0 Å². The molecule has 0 N–H and O–H groups in total. The van der Waals surface area contributed by atoms with Crippen molar-refractivity contribution in [3.05, 3.63) is 48.0 Å². The molecule has 0 aromatic heterocycles. The Bertz CT molecular complexity index is 1370. The minimum absolute atomic E-state index is 0.0347. The van der Waals surface area contributed by atoms with E-state index in [4.69, 9.17) is 0 Å². The van der Waals surface area contributed by atoms with Gasteiger partial charge in [0.05, 0.1) is 19.6 Å². The highest BCUT2D eigenvalue weighted by Crippen LogP contribution is 2.30. The van der Waals surface area contributed by atoms with Gasteiger partial charge in [-0.15, -0.1) is 0 Å². The molecule has 0 unspecified atom stereocenters. The highest BCUT2D eigenvalue weighted by molar-refractivity contribution is 7.92. The lowest BCUT2D eigenvalue weighted by Crippen LogP contribution is -2.36. The first-order valence-electron chi connectivity index (χ1n) is 11.5. The molecule has 0 amide bonds. The maximum absolute atomic E-state index is 13.4. The first kappa shape index (κ1) is 25.3. The Labute approximate surface area is 202 Å². The molecule has 2 saturated heterocycles. The zero-order valence-corrected chi connectivity index (χ0v) is 21.6. The van der Waals surface area contributed by atoms with Crippen molar-refractivity contribution in [1.82, 2.24) is 8.61 Å². The van der Waals surface area contributed by atoms with E-state index in [1.807, 2.05) is 0 Å². The summed E-state index contributed by atoms with van der Waals surface area (Å²) >= 11 is 0. The number of sulfone groups is 1. The predicted molar refractivity (Wildman–Crippen MR) is 128 cm³/mol. The quantitative estimate of drug-likeness (QED) is 0.572. The fraction of sp³-hybridized carbons (Fsp3) is 0.478. The largest absolute Gasteiger partial charge is 0.243 e. The maximum Gasteiger partial charge on any atom is 0.243 e. The third-order valence-corrected chi connectivity index (χ3v) is 12.2. The van der Waals surface area contributed by atoms with Crippen LogP contribution in [0.5, 0.6) is 0 Å². The van der Waals surface area contributed by atoms with Crippen LogP contribution in [0.2, 0.25) is 0 Å². The van der Waals surface area contributed by atoms with Gasteiger partial charge in [0.15, 0.2) is 0 Å².